The molecule has 10 heteroatoms. The van der Waals surface area contributed by atoms with Crippen molar-refractivity contribution in [2.45, 2.75) is 0 Å². The van der Waals surface area contributed by atoms with Crippen LogP contribution in [0, 0.1) is 11.3 Å². The molecule has 2 saturated heterocycles. The summed E-state index contributed by atoms with van der Waals surface area (Å²) in [5.74, 6) is -0.392. The fourth-order valence-corrected chi connectivity index (χ4v) is 3.91. The number of thioether (sulfide) groups is 1. The second-order valence-electron chi connectivity index (χ2n) is 5.89. The Balaban J connectivity index is 1.77. The number of halogens is 1. The van der Waals surface area contributed by atoms with E-state index in [0.29, 0.717) is 37.6 Å². The second-order valence-corrected chi connectivity index (χ2v) is 7.80. The van der Waals surface area contributed by atoms with E-state index in [2.05, 4.69) is 15.9 Å². The molecule has 3 rings (SSSR count). The molecule has 0 aliphatic carbocycles. The maximum atomic E-state index is 12.7. The number of carbonyl (C=O) groups excluding carboxylic acids is 3. The fraction of sp³-hybridized carbons (Fsp3) is 0.333. The first-order chi connectivity index (χ1) is 13.5. The van der Waals surface area contributed by atoms with E-state index >= 15 is 0 Å². The average Bonchev–Trinajstić information content (AvgIpc) is 2.95. The molecule has 0 N–H and O–H groups in total. The zero-order chi connectivity index (χ0) is 20.1. The van der Waals surface area contributed by atoms with Crippen molar-refractivity contribution in [3.63, 3.8) is 0 Å². The van der Waals surface area contributed by atoms with Gasteiger partial charge in [-0.2, -0.15) is 5.26 Å². The lowest BCUT2D eigenvalue weighted by molar-refractivity contribution is -0.139. The Morgan fingerprint density at radius 3 is 2.82 bits per heavy atom. The highest BCUT2D eigenvalue weighted by Crippen LogP contribution is 2.34. The van der Waals surface area contributed by atoms with E-state index in [9.17, 15) is 14.4 Å². The van der Waals surface area contributed by atoms with Gasteiger partial charge in [-0.15, -0.1) is 0 Å². The zero-order valence-corrected chi connectivity index (χ0v) is 17.1. The van der Waals surface area contributed by atoms with Crippen molar-refractivity contribution in [3.8, 4) is 11.8 Å². The third-order valence-corrected chi connectivity index (χ3v) is 5.48. The minimum Gasteiger partial charge on any atom is -0.478 e. The van der Waals surface area contributed by atoms with Gasteiger partial charge in [0.05, 0.1) is 18.1 Å². The summed E-state index contributed by atoms with van der Waals surface area (Å²) < 4.78 is 11.3. The van der Waals surface area contributed by atoms with Gasteiger partial charge in [-0.3, -0.25) is 19.3 Å². The summed E-state index contributed by atoms with van der Waals surface area (Å²) in [6, 6.07) is 7.02. The average molecular weight is 466 g/mol. The van der Waals surface area contributed by atoms with Gasteiger partial charge >= 0.3 is 0 Å². The van der Waals surface area contributed by atoms with Gasteiger partial charge in [0, 0.05) is 23.1 Å². The van der Waals surface area contributed by atoms with E-state index < -0.39 is 11.1 Å². The maximum absolute atomic E-state index is 12.7. The van der Waals surface area contributed by atoms with Gasteiger partial charge < -0.3 is 14.4 Å². The number of rotatable bonds is 5. The molecule has 0 aromatic heterocycles. The molecule has 0 bridgehead atoms. The van der Waals surface area contributed by atoms with Gasteiger partial charge in [0.1, 0.15) is 18.4 Å². The molecule has 3 amide bonds. The number of nitriles is 1. The smallest absolute Gasteiger partial charge is 0.294 e. The number of hydrogen-bond donors (Lipinski definition) is 0. The Morgan fingerprint density at radius 1 is 1.36 bits per heavy atom. The lowest BCUT2D eigenvalue weighted by atomic mass is 10.2. The van der Waals surface area contributed by atoms with E-state index in [1.807, 2.05) is 6.07 Å². The highest BCUT2D eigenvalue weighted by molar-refractivity contribution is 9.10. The van der Waals surface area contributed by atoms with Crippen LogP contribution in [0.3, 0.4) is 0 Å². The van der Waals surface area contributed by atoms with E-state index in [4.69, 9.17) is 14.7 Å². The molecule has 1 aromatic carbocycles. The van der Waals surface area contributed by atoms with Crippen LogP contribution in [-0.2, 0) is 14.3 Å². The molecule has 2 fully saturated rings. The largest absolute Gasteiger partial charge is 0.478 e. The molecular formula is C18H16BrN3O5S. The van der Waals surface area contributed by atoms with Gasteiger partial charge in [0.25, 0.3) is 11.1 Å². The predicted octanol–water partition coefficient (Wildman–Crippen LogP) is 2.25. The van der Waals surface area contributed by atoms with Crippen molar-refractivity contribution in [1.82, 2.24) is 9.80 Å². The van der Waals surface area contributed by atoms with Gasteiger partial charge in [0.15, 0.2) is 6.61 Å². The Kier molecular flexibility index (Phi) is 6.72. The number of benzene rings is 1. The summed E-state index contributed by atoms with van der Waals surface area (Å²) in [6.45, 7) is 1.35. The van der Waals surface area contributed by atoms with Crippen LogP contribution < -0.4 is 4.74 Å². The number of amides is 3. The molecule has 1 aromatic rings. The van der Waals surface area contributed by atoms with Crippen molar-refractivity contribution in [1.29, 1.82) is 5.26 Å². The minimum atomic E-state index is -0.525. The van der Waals surface area contributed by atoms with Crippen molar-refractivity contribution in [3.05, 3.63) is 33.1 Å². The van der Waals surface area contributed by atoms with Gasteiger partial charge in [-0.1, -0.05) is 15.9 Å². The van der Waals surface area contributed by atoms with Crippen LogP contribution in [0.5, 0.6) is 5.75 Å². The number of ether oxygens (including phenoxy) is 2. The first-order valence-electron chi connectivity index (χ1n) is 8.40. The third-order valence-electron chi connectivity index (χ3n) is 4.08. The topological polar surface area (TPSA) is 99.9 Å². The van der Waals surface area contributed by atoms with Crippen molar-refractivity contribution >= 4 is 50.8 Å². The molecule has 2 aliphatic heterocycles. The molecule has 2 heterocycles. The van der Waals surface area contributed by atoms with E-state index in [1.54, 1.807) is 23.1 Å². The molecular weight excluding hydrogens is 450 g/mol. The van der Waals surface area contributed by atoms with Crippen molar-refractivity contribution in [2.24, 2.45) is 0 Å². The number of imide groups is 1. The lowest BCUT2D eigenvalue weighted by Gasteiger charge is -2.28. The van der Waals surface area contributed by atoms with E-state index in [-0.39, 0.29) is 24.0 Å². The summed E-state index contributed by atoms with van der Waals surface area (Å²) in [6.07, 6.45) is 1.53. The molecule has 0 atom stereocenters. The number of morpholine rings is 1. The van der Waals surface area contributed by atoms with Crippen molar-refractivity contribution < 1.29 is 23.9 Å². The van der Waals surface area contributed by atoms with Crippen LogP contribution in [0.1, 0.15) is 5.56 Å². The Hall–Kier alpha value is -2.35. The summed E-state index contributed by atoms with van der Waals surface area (Å²) in [7, 11) is 0. The van der Waals surface area contributed by atoms with E-state index in [1.165, 1.54) is 6.08 Å². The van der Waals surface area contributed by atoms with Crippen molar-refractivity contribution in [2.75, 3.05) is 39.5 Å². The highest BCUT2D eigenvalue weighted by atomic mass is 79.9. The molecule has 0 saturated carbocycles. The van der Waals surface area contributed by atoms with Crippen LogP contribution in [0.2, 0.25) is 0 Å². The van der Waals surface area contributed by atoms with Crippen LogP contribution in [0.15, 0.2) is 27.6 Å². The summed E-state index contributed by atoms with van der Waals surface area (Å²) >= 11 is 4.12. The van der Waals surface area contributed by atoms with Crippen LogP contribution >= 0.6 is 27.7 Å². The Bertz CT molecular complexity index is 876. The summed E-state index contributed by atoms with van der Waals surface area (Å²) in [5, 5.41) is 8.21. The minimum absolute atomic E-state index is 0.141. The first kappa shape index (κ1) is 20.4. The third kappa shape index (κ3) is 4.73. The first-order valence-corrected chi connectivity index (χ1v) is 10.0. The SMILES string of the molecule is N#CCOc1ccc(Br)cc1/C=C1\SC(=O)N(CC(=O)N2CCOCC2)C1=O. The predicted molar refractivity (Wildman–Crippen MR) is 105 cm³/mol. The standard InChI is InChI=1S/C18H16BrN3O5S/c19-13-1-2-14(27-6-3-20)12(9-13)10-15-17(24)22(18(25)28-15)11-16(23)21-4-7-26-8-5-21/h1-2,9-10H,4-8,11H2/b15-10-. The second kappa shape index (κ2) is 9.23. The zero-order valence-electron chi connectivity index (χ0n) is 14.7. The molecule has 28 heavy (non-hydrogen) atoms. The molecule has 2 aliphatic rings. The van der Waals surface area contributed by atoms with Crippen LogP contribution in [0.25, 0.3) is 6.08 Å². The quantitative estimate of drug-likeness (QED) is 0.614. The molecule has 0 spiro atoms. The Morgan fingerprint density at radius 2 is 2.11 bits per heavy atom. The van der Waals surface area contributed by atoms with Gasteiger partial charge in [-0.25, -0.2) is 0 Å². The molecule has 0 unspecified atom stereocenters. The molecule has 8 nitrogen and oxygen atoms in total. The van der Waals surface area contributed by atoms with Crippen LogP contribution in [-0.4, -0.2) is 66.3 Å². The maximum Gasteiger partial charge on any atom is 0.294 e. The summed E-state index contributed by atoms with van der Waals surface area (Å²) in [5.41, 5.74) is 0.551. The highest BCUT2D eigenvalue weighted by Gasteiger charge is 2.37. The van der Waals surface area contributed by atoms with Gasteiger partial charge in [-0.05, 0) is 36.0 Å². The monoisotopic (exact) mass is 465 g/mol. The number of nitrogens with zero attached hydrogens (tertiary/aromatic N) is 3. The fourth-order valence-electron chi connectivity index (χ4n) is 2.70. The van der Waals surface area contributed by atoms with E-state index in [0.717, 1.165) is 21.1 Å². The normalized spacial score (nSPS) is 18.5. The number of hydrogen-bond acceptors (Lipinski definition) is 7. The van der Waals surface area contributed by atoms with Crippen LogP contribution in [0.4, 0.5) is 4.79 Å². The molecule has 146 valence electrons. The Labute approximate surface area is 174 Å². The number of carbonyl (C=O) groups is 3. The van der Waals surface area contributed by atoms with Gasteiger partial charge in [0.2, 0.25) is 5.91 Å². The lowest BCUT2D eigenvalue weighted by Crippen LogP contribution is -2.46. The summed E-state index contributed by atoms with van der Waals surface area (Å²) in [4.78, 5) is 40.0. The molecule has 0 radical (unpaired) electrons.